The predicted octanol–water partition coefficient (Wildman–Crippen LogP) is 2.51. The fourth-order valence-electron chi connectivity index (χ4n) is 1.16. The van der Waals surface area contributed by atoms with Gasteiger partial charge in [-0.1, -0.05) is 30.3 Å². The third-order valence-corrected chi connectivity index (χ3v) is 1.66. The lowest BCUT2D eigenvalue weighted by Crippen LogP contribution is -2.25. The fraction of sp³-hybridized carbons (Fsp3) is 0.400. The van der Waals surface area contributed by atoms with E-state index in [1.807, 2.05) is 0 Å². The molecule has 0 heterocycles. The maximum atomic E-state index is 13.0. The van der Waals surface area contributed by atoms with Crippen molar-refractivity contribution in [1.29, 1.82) is 0 Å². The molecule has 1 rings (SSSR count). The van der Waals surface area contributed by atoms with Crippen LogP contribution in [0, 0.1) is 0 Å². The van der Waals surface area contributed by atoms with Gasteiger partial charge < -0.3 is 4.74 Å². The van der Waals surface area contributed by atoms with E-state index in [4.69, 9.17) is 0 Å². The molecule has 13 heavy (non-hydrogen) atoms. The summed E-state index contributed by atoms with van der Waals surface area (Å²) in [6.45, 7) is -0.526. The molecule has 0 saturated carbocycles. The molecule has 0 atom stereocenters. The molecule has 72 valence electrons. The molecule has 3 heteroatoms. The number of halogens is 2. The van der Waals surface area contributed by atoms with Crippen molar-refractivity contribution in [2.45, 2.75) is 12.3 Å². The molecule has 0 aromatic heterocycles. The maximum absolute atomic E-state index is 13.0. The predicted molar refractivity (Wildman–Crippen MR) is 47.0 cm³/mol. The second-order valence-electron chi connectivity index (χ2n) is 2.95. The summed E-state index contributed by atoms with van der Waals surface area (Å²) in [7, 11) is 1.28. The van der Waals surface area contributed by atoms with E-state index in [2.05, 4.69) is 4.74 Å². The molecule has 0 fully saturated rings. The molecule has 0 radical (unpaired) electrons. The topological polar surface area (TPSA) is 9.23 Å². The monoisotopic (exact) mass is 186 g/mol. The first-order valence-corrected chi connectivity index (χ1v) is 4.05. The average Bonchev–Trinajstić information content (AvgIpc) is 2.04. The van der Waals surface area contributed by atoms with Gasteiger partial charge in [0.1, 0.15) is 6.61 Å². The number of hydrogen-bond donors (Lipinski definition) is 0. The number of ether oxygens (including phenoxy) is 1. The van der Waals surface area contributed by atoms with Gasteiger partial charge in [0.25, 0.3) is 5.92 Å². The van der Waals surface area contributed by atoms with Crippen molar-refractivity contribution in [2.24, 2.45) is 0 Å². The Morgan fingerprint density at radius 1 is 1.23 bits per heavy atom. The van der Waals surface area contributed by atoms with Crippen LogP contribution in [-0.2, 0) is 11.2 Å². The van der Waals surface area contributed by atoms with Crippen LogP contribution in [0.5, 0.6) is 0 Å². The van der Waals surface area contributed by atoms with Crippen LogP contribution in [0.2, 0.25) is 0 Å². The molecule has 0 aliphatic heterocycles. The van der Waals surface area contributed by atoms with Gasteiger partial charge >= 0.3 is 0 Å². The maximum Gasteiger partial charge on any atom is 0.274 e. The minimum Gasteiger partial charge on any atom is -0.378 e. The largest absolute Gasteiger partial charge is 0.378 e. The van der Waals surface area contributed by atoms with Gasteiger partial charge in [-0.15, -0.1) is 0 Å². The van der Waals surface area contributed by atoms with E-state index in [0.29, 0.717) is 5.56 Å². The van der Waals surface area contributed by atoms with Crippen molar-refractivity contribution in [1.82, 2.24) is 0 Å². The Morgan fingerprint density at radius 2 is 1.85 bits per heavy atom. The van der Waals surface area contributed by atoms with E-state index >= 15 is 0 Å². The number of hydrogen-bond acceptors (Lipinski definition) is 1. The first kappa shape index (κ1) is 10.1. The molecule has 0 unspecified atom stereocenters. The van der Waals surface area contributed by atoms with Gasteiger partial charge in [0, 0.05) is 13.5 Å². The molecule has 1 aromatic carbocycles. The molecule has 1 aromatic rings. The normalized spacial score (nSPS) is 11.6. The molecule has 0 saturated heterocycles. The molecule has 0 aliphatic rings. The summed E-state index contributed by atoms with van der Waals surface area (Å²) in [6, 6.07) is 8.67. The van der Waals surface area contributed by atoms with Crippen molar-refractivity contribution in [3.05, 3.63) is 35.9 Å². The molecule has 0 aliphatic carbocycles. The van der Waals surface area contributed by atoms with Crippen LogP contribution in [0.15, 0.2) is 30.3 Å². The van der Waals surface area contributed by atoms with E-state index in [1.165, 1.54) is 7.11 Å². The van der Waals surface area contributed by atoms with Gasteiger partial charge in [-0.25, -0.2) is 8.78 Å². The third-order valence-electron chi connectivity index (χ3n) is 1.66. The van der Waals surface area contributed by atoms with Crippen molar-refractivity contribution in [2.75, 3.05) is 13.7 Å². The van der Waals surface area contributed by atoms with Crippen molar-refractivity contribution in [3.8, 4) is 0 Å². The van der Waals surface area contributed by atoms with Crippen LogP contribution in [0.4, 0.5) is 8.78 Å². The highest BCUT2D eigenvalue weighted by molar-refractivity contribution is 5.16. The summed E-state index contributed by atoms with van der Waals surface area (Å²) >= 11 is 0. The van der Waals surface area contributed by atoms with Gasteiger partial charge in [0.15, 0.2) is 0 Å². The average molecular weight is 186 g/mol. The van der Waals surface area contributed by atoms with Gasteiger partial charge in [-0.05, 0) is 5.56 Å². The standard InChI is InChI=1S/C10H12F2O/c1-13-8-10(11,12)7-9-5-3-2-4-6-9/h2-6H,7-8H2,1H3. The van der Waals surface area contributed by atoms with Crippen molar-refractivity contribution >= 4 is 0 Å². The highest BCUT2D eigenvalue weighted by Crippen LogP contribution is 2.19. The third kappa shape index (κ3) is 3.51. The van der Waals surface area contributed by atoms with Crippen LogP contribution in [-0.4, -0.2) is 19.6 Å². The number of rotatable bonds is 4. The molecular weight excluding hydrogens is 174 g/mol. The molecule has 1 nitrogen and oxygen atoms in total. The zero-order valence-electron chi connectivity index (χ0n) is 7.47. The Hall–Kier alpha value is -0.960. The van der Waals surface area contributed by atoms with Crippen LogP contribution in [0.1, 0.15) is 5.56 Å². The van der Waals surface area contributed by atoms with Crippen LogP contribution in [0.3, 0.4) is 0 Å². The van der Waals surface area contributed by atoms with Gasteiger partial charge in [-0.2, -0.15) is 0 Å². The first-order valence-electron chi connectivity index (χ1n) is 4.05. The lowest BCUT2D eigenvalue weighted by molar-refractivity contribution is -0.0630. The second-order valence-corrected chi connectivity index (χ2v) is 2.95. The van der Waals surface area contributed by atoms with Crippen LogP contribution in [0.25, 0.3) is 0 Å². The SMILES string of the molecule is COCC(F)(F)Cc1ccccc1. The van der Waals surface area contributed by atoms with E-state index in [9.17, 15) is 8.78 Å². The molecular formula is C10H12F2O. The van der Waals surface area contributed by atoms with E-state index in [1.54, 1.807) is 30.3 Å². The van der Waals surface area contributed by atoms with Crippen LogP contribution < -0.4 is 0 Å². The highest BCUT2D eigenvalue weighted by Gasteiger charge is 2.28. The van der Waals surface area contributed by atoms with E-state index in [-0.39, 0.29) is 6.42 Å². The first-order chi connectivity index (χ1) is 6.14. The van der Waals surface area contributed by atoms with Crippen LogP contribution >= 0.6 is 0 Å². The Balaban J connectivity index is 2.58. The lowest BCUT2D eigenvalue weighted by Gasteiger charge is -2.14. The Labute approximate surface area is 76.3 Å². The quantitative estimate of drug-likeness (QED) is 0.702. The Bertz CT molecular complexity index is 246. The zero-order valence-corrected chi connectivity index (χ0v) is 7.47. The van der Waals surface area contributed by atoms with Gasteiger partial charge in [0.05, 0.1) is 0 Å². The second kappa shape index (κ2) is 4.33. The van der Waals surface area contributed by atoms with Crippen molar-refractivity contribution < 1.29 is 13.5 Å². The van der Waals surface area contributed by atoms with Crippen molar-refractivity contribution in [3.63, 3.8) is 0 Å². The summed E-state index contributed by atoms with van der Waals surface area (Å²) < 4.78 is 30.4. The molecule has 0 amide bonds. The fourth-order valence-corrected chi connectivity index (χ4v) is 1.16. The number of alkyl halides is 2. The minimum absolute atomic E-state index is 0.262. The van der Waals surface area contributed by atoms with Gasteiger partial charge in [0.2, 0.25) is 0 Å². The molecule has 0 N–H and O–H groups in total. The summed E-state index contributed by atoms with van der Waals surface area (Å²) in [5.41, 5.74) is 0.629. The van der Waals surface area contributed by atoms with E-state index in [0.717, 1.165) is 0 Å². The highest BCUT2D eigenvalue weighted by atomic mass is 19.3. The summed E-state index contributed by atoms with van der Waals surface area (Å²) in [6.07, 6.45) is -0.262. The number of benzene rings is 1. The zero-order chi connectivity index (χ0) is 9.73. The summed E-state index contributed by atoms with van der Waals surface area (Å²) in [4.78, 5) is 0. The molecule has 0 spiro atoms. The Morgan fingerprint density at radius 3 is 2.38 bits per heavy atom. The van der Waals surface area contributed by atoms with Gasteiger partial charge in [-0.3, -0.25) is 0 Å². The lowest BCUT2D eigenvalue weighted by atomic mass is 10.1. The number of methoxy groups -OCH3 is 1. The summed E-state index contributed by atoms with van der Waals surface area (Å²) in [5, 5.41) is 0. The minimum atomic E-state index is -2.77. The van der Waals surface area contributed by atoms with E-state index < -0.39 is 12.5 Å². The smallest absolute Gasteiger partial charge is 0.274 e. The Kier molecular flexibility index (Phi) is 3.37. The molecule has 0 bridgehead atoms. The summed E-state index contributed by atoms with van der Waals surface area (Å²) in [5.74, 6) is -2.77.